The second kappa shape index (κ2) is 7.30. The van der Waals surface area contributed by atoms with Gasteiger partial charge in [-0.3, -0.25) is 0 Å². The molecule has 0 spiro atoms. The number of anilines is 2. The van der Waals surface area contributed by atoms with Crippen molar-refractivity contribution < 1.29 is 9.47 Å². The molecule has 0 atom stereocenters. The minimum atomic E-state index is 0.501. The number of nitrogens with zero attached hydrogens (tertiary/aromatic N) is 2. The second-order valence-corrected chi connectivity index (χ2v) is 3.96. The van der Waals surface area contributed by atoms with Crippen LogP contribution in [0.25, 0.3) is 0 Å². The van der Waals surface area contributed by atoms with Crippen LogP contribution in [-0.4, -0.2) is 29.7 Å². The van der Waals surface area contributed by atoms with Crippen LogP contribution in [0.1, 0.15) is 6.92 Å². The third-order valence-electron chi connectivity index (χ3n) is 2.45. The Morgan fingerprint density at radius 3 is 2.65 bits per heavy atom. The summed E-state index contributed by atoms with van der Waals surface area (Å²) in [7, 11) is 0. The Bertz CT molecular complexity index is 531. The highest BCUT2D eigenvalue weighted by Crippen LogP contribution is 2.20. The molecule has 0 amide bonds. The van der Waals surface area contributed by atoms with Crippen molar-refractivity contribution in [2.45, 2.75) is 6.92 Å². The molecule has 0 radical (unpaired) electrons. The molecular formula is C14H18N4O2. The summed E-state index contributed by atoms with van der Waals surface area (Å²) in [5, 5.41) is 3.17. The number of rotatable bonds is 7. The van der Waals surface area contributed by atoms with Crippen molar-refractivity contribution >= 4 is 11.5 Å². The van der Waals surface area contributed by atoms with Crippen molar-refractivity contribution in [2.75, 3.05) is 25.1 Å². The van der Waals surface area contributed by atoms with Crippen molar-refractivity contribution in [1.82, 2.24) is 9.97 Å². The van der Waals surface area contributed by atoms with Gasteiger partial charge in [-0.15, -0.1) is 0 Å². The van der Waals surface area contributed by atoms with Crippen LogP contribution < -0.4 is 20.5 Å². The highest BCUT2D eigenvalue weighted by atomic mass is 16.5. The number of hydrogen-bond acceptors (Lipinski definition) is 6. The third kappa shape index (κ3) is 4.10. The molecule has 2 rings (SSSR count). The summed E-state index contributed by atoms with van der Waals surface area (Å²) in [6.07, 6.45) is 1.46. The predicted octanol–water partition coefficient (Wildman–Crippen LogP) is 1.96. The molecule has 1 aromatic carbocycles. The van der Waals surface area contributed by atoms with Gasteiger partial charge in [-0.05, 0) is 31.2 Å². The van der Waals surface area contributed by atoms with E-state index in [2.05, 4.69) is 15.3 Å². The summed E-state index contributed by atoms with van der Waals surface area (Å²) in [6.45, 7) is 3.50. The lowest BCUT2D eigenvalue weighted by molar-refractivity contribution is 0.326. The standard InChI is InChI=1S/C14H18N4O2/c1-2-19-14-9-13(16-10-17-14)18-11-3-5-12(6-4-11)20-8-7-15/h3-6,9-10H,2,7-8,15H2,1H3,(H,16,17,18). The zero-order valence-corrected chi connectivity index (χ0v) is 11.4. The van der Waals surface area contributed by atoms with E-state index in [1.165, 1.54) is 6.33 Å². The zero-order chi connectivity index (χ0) is 14.2. The molecule has 0 aliphatic rings. The Labute approximate surface area is 118 Å². The van der Waals surface area contributed by atoms with E-state index < -0.39 is 0 Å². The monoisotopic (exact) mass is 274 g/mol. The Hall–Kier alpha value is -2.34. The van der Waals surface area contributed by atoms with Crippen LogP contribution in [0.2, 0.25) is 0 Å². The van der Waals surface area contributed by atoms with E-state index in [0.717, 1.165) is 11.4 Å². The quantitative estimate of drug-likeness (QED) is 0.803. The maximum absolute atomic E-state index is 5.41. The van der Waals surface area contributed by atoms with Gasteiger partial charge < -0.3 is 20.5 Å². The van der Waals surface area contributed by atoms with Gasteiger partial charge in [-0.25, -0.2) is 9.97 Å². The normalized spacial score (nSPS) is 10.1. The molecule has 0 aliphatic heterocycles. The second-order valence-electron chi connectivity index (χ2n) is 3.96. The summed E-state index contributed by atoms with van der Waals surface area (Å²) >= 11 is 0. The zero-order valence-electron chi connectivity index (χ0n) is 11.4. The Balaban J connectivity index is 2.00. The molecule has 106 valence electrons. The topological polar surface area (TPSA) is 82.3 Å². The number of benzene rings is 1. The van der Waals surface area contributed by atoms with Crippen molar-refractivity contribution in [2.24, 2.45) is 5.73 Å². The number of nitrogens with one attached hydrogen (secondary N) is 1. The van der Waals surface area contributed by atoms with E-state index in [1.807, 2.05) is 31.2 Å². The average Bonchev–Trinajstić information content (AvgIpc) is 2.47. The van der Waals surface area contributed by atoms with Crippen LogP contribution in [0.3, 0.4) is 0 Å². The minimum absolute atomic E-state index is 0.501. The van der Waals surface area contributed by atoms with E-state index in [4.69, 9.17) is 15.2 Å². The Morgan fingerprint density at radius 1 is 1.15 bits per heavy atom. The van der Waals surface area contributed by atoms with E-state index in [9.17, 15) is 0 Å². The summed E-state index contributed by atoms with van der Waals surface area (Å²) in [4.78, 5) is 8.15. The largest absolute Gasteiger partial charge is 0.492 e. The minimum Gasteiger partial charge on any atom is -0.492 e. The maximum Gasteiger partial charge on any atom is 0.218 e. The first-order chi connectivity index (χ1) is 9.81. The van der Waals surface area contributed by atoms with Crippen molar-refractivity contribution in [3.8, 4) is 11.6 Å². The van der Waals surface area contributed by atoms with Gasteiger partial charge in [0.1, 0.15) is 24.5 Å². The van der Waals surface area contributed by atoms with Crippen molar-refractivity contribution in [3.63, 3.8) is 0 Å². The fourth-order valence-electron chi connectivity index (χ4n) is 1.59. The van der Waals surface area contributed by atoms with Gasteiger partial charge in [0, 0.05) is 18.3 Å². The van der Waals surface area contributed by atoms with Gasteiger partial charge in [-0.1, -0.05) is 0 Å². The molecule has 3 N–H and O–H groups in total. The van der Waals surface area contributed by atoms with E-state index >= 15 is 0 Å². The van der Waals surface area contributed by atoms with E-state index in [0.29, 0.717) is 31.5 Å². The van der Waals surface area contributed by atoms with Gasteiger partial charge in [0.05, 0.1) is 6.61 Å². The number of aromatic nitrogens is 2. The lowest BCUT2D eigenvalue weighted by atomic mass is 10.3. The molecule has 0 aliphatic carbocycles. The fraction of sp³-hybridized carbons (Fsp3) is 0.286. The van der Waals surface area contributed by atoms with Crippen LogP contribution in [0.4, 0.5) is 11.5 Å². The summed E-state index contributed by atoms with van der Waals surface area (Å²) in [5.41, 5.74) is 6.29. The first-order valence-corrected chi connectivity index (χ1v) is 6.46. The highest BCUT2D eigenvalue weighted by molar-refractivity contribution is 5.57. The van der Waals surface area contributed by atoms with Crippen LogP contribution >= 0.6 is 0 Å². The summed E-state index contributed by atoms with van der Waals surface area (Å²) in [6, 6.07) is 9.33. The molecule has 6 nitrogen and oxygen atoms in total. The van der Waals surface area contributed by atoms with Crippen molar-refractivity contribution in [1.29, 1.82) is 0 Å². The maximum atomic E-state index is 5.41. The summed E-state index contributed by atoms with van der Waals surface area (Å²) < 4.78 is 10.7. The molecule has 0 bridgehead atoms. The molecule has 1 aromatic heterocycles. The van der Waals surface area contributed by atoms with Gasteiger partial charge in [0.25, 0.3) is 0 Å². The first-order valence-electron chi connectivity index (χ1n) is 6.46. The third-order valence-corrected chi connectivity index (χ3v) is 2.45. The van der Waals surface area contributed by atoms with Gasteiger partial charge in [0.2, 0.25) is 5.88 Å². The molecule has 6 heteroatoms. The molecule has 2 aromatic rings. The van der Waals surface area contributed by atoms with E-state index in [1.54, 1.807) is 6.07 Å². The fourth-order valence-corrected chi connectivity index (χ4v) is 1.59. The summed E-state index contributed by atoms with van der Waals surface area (Å²) in [5.74, 6) is 2.02. The number of ether oxygens (including phenoxy) is 2. The van der Waals surface area contributed by atoms with Crippen LogP contribution in [0.15, 0.2) is 36.7 Å². The molecular weight excluding hydrogens is 256 g/mol. The Kier molecular flexibility index (Phi) is 5.14. The lowest BCUT2D eigenvalue weighted by Gasteiger charge is -2.08. The van der Waals surface area contributed by atoms with Gasteiger partial charge in [-0.2, -0.15) is 0 Å². The SMILES string of the molecule is CCOc1cc(Nc2ccc(OCCN)cc2)ncn1. The van der Waals surface area contributed by atoms with E-state index in [-0.39, 0.29) is 0 Å². The lowest BCUT2D eigenvalue weighted by Crippen LogP contribution is -2.10. The highest BCUT2D eigenvalue weighted by Gasteiger charge is 2.00. The predicted molar refractivity (Wildman–Crippen MR) is 77.5 cm³/mol. The van der Waals surface area contributed by atoms with Gasteiger partial charge >= 0.3 is 0 Å². The molecule has 20 heavy (non-hydrogen) atoms. The molecule has 0 saturated heterocycles. The Morgan fingerprint density at radius 2 is 1.95 bits per heavy atom. The van der Waals surface area contributed by atoms with Crippen LogP contribution in [0, 0.1) is 0 Å². The number of nitrogens with two attached hydrogens (primary N) is 1. The first kappa shape index (κ1) is 14.1. The molecule has 1 heterocycles. The molecule has 0 fully saturated rings. The van der Waals surface area contributed by atoms with Gasteiger partial charge in [0.15, 0.2) is 0 Å². The number of hydrogen-bond donors (Lipinski definition) is 2. The smallest absolute Gasteiger partial charge is 0.218 e. The average molecular weight is 274 g/mol. The molecule has 0 unspecified atom stereocenters. The van der Waals surface area contributed by atoms with Crippen molar-refractivity contribution in [3.05, 3.63) is 36.7 Å². The van der Waals surface area contributed by atoms with Crippen LogP contribution in [-0.2, 0) is 0 Å². The van der Waals surface area contributed by atoms with Crippen LogP contribution in [0.5, 0.6) is 11.6 Å². The molecule has 0 saturated carbocycles.